The van der Waals surface area contributed by atoms with Crippen LogP contribution in [-0.2, 0) is 52.7 Å². The van der Waals surface area contributed by atoms with Crippen molar-refractivity contribution >= 4 is 76.6 Å². The molecule has 0 aromatic carbocycles. The van der Waals surface area contributed by atoms with Gasteiger partial charge < -0.3 is 55.1 Å². The Morgan fingerprint density at radius 3 is 1.77 bits per heavy atom. The molecule has 3 heterocycles. The van der Waals surface area contributed by atoms with Gasteiger partial charge in [-0.15, -0.1) is 11.6 Å². The second kappa shape index (κ2) is 33.8. The van der Waals surface area contributed by atoms with E-state index in [1.807, 2.05) is 13.8 Å². The number of alkyl halides is 9. The fourth-order valence-corrected chi connectivity index (χ4v) is 16.9. The molecule has 4 saturated carbocycles. The second-order valence-corrected chi connectivity index (χ2v) is 31.5. The Balaban J connectivity index is 1.27. The molecule has 7 aliphatic rings. The third-order valence-corrected chi connectivity index (χ3v) is 23.9. The van der Waals surface area contributed by atoms with Crippen molar-refractivity contribution < 1.29 is 87.9 Å². The van der Waals surface area contributed by atoms with Crippen LogP contribution in [0.3, 0.4) is 0 Å². The van der Waals surface area contributed by atoms with Crippen LogP contribution in [0.5, 0.6) is 0 Å². The SMILES string of the molecule is CC[C@H](C)[C@@H]1NC(=O)[C@H](CC(C)C)N(C)C(=O)C[C@@H](C)N(C)C(=O)[C@H](C2CCCC2)N(C)C(=O)C2(CCCC2)NC(=O)[C@@H]2CC(F)(F)CN2C(=O)[C@H](CCC2CCC(C(F)(F)F)C(Cl)C2)NC(=O)CN(C)C(=O)[C@H](CC2CCC(C(F)(F)F)CC2)N(C)C(=O)[C@@H]2CCN2C(=O)[C@H](C)N(C)C1=O. The van der Waals surface area contributed by atoms with Gasteiger partial charge >= 0.3 is 12.4 Å². The van der Waals surface area contributed by atoms with E-state index in [1.54, 1.807) is 20.8 Å². The molecule has 0 aromatic rings. The van der Waals surface area contributed by atoms with Gasteiger partial charge in [-0.25, -0.2) is 8.78 Å². The van der Waals surface area contributed by atoms with Crippen LogP contribution in [0.25, 0.3) is 0 Å². The molecule has 31 heteroatoms. The van der Waals surface area contributed by atoms with Crippen molar-refractivity contribution in [3.05, 3.63) is 0 Å². The first-order valence-corrected chi connectivity index (χ1v) is 36.7. The second-order valence-electron chi connectivity index (χ2n) is 30.9. The van der Waals surface area contributed by atoms with E-state index in [-0.39, 0.29) is 109 Å². The molecule has 3 unspecified atom stereocenters. The molecule has 1 spiro atoms. The molecule has 0 bridgehead atoms. The maximum atomic E-state index is 16.1. The van der Waals surface area contributed by atoms with Crippen molar-refractivity contribution in [2.45, 2.75) is 273 Å². The third kappa shape index (κ3) is 19.5. The van der Waals surface area contributed by atoms with Gasteiger partial charge in [-0.1, -0.05) is 59.8 Å². The van der Waals surface area contributed by atoms with Crippen LogP contribution in [0.2, 0.25) is 0 Å². The van der Waals surface area contributed by atoms with E-state index >= 15 is 23.2 Å². The fraction of sp³-hybridized carbons (Fsp3) is 0.843. The lowest BCUT2D eigenvalue weighted by atomic mass is 9.78. The number of carbonyl (C=O) groups excluding carboxylic acids is 11. The van der Waals surface area contributed by atoms with E-state index < -0.39 is 204 Å². The molecule has 3 N–H and O–H groups in total. The van der Waals surface area contributed by atoms with E-state index in [0.717, 1.165) is 27.5 Å². The van der Waals surface area contributed by atoms with E-state index in [2.05, 4.69) is 16.0 Å². The van der Waals surface area contributed by atoms with Crippen molar-refractivity contribution in [3.63, 3.8) is 0 Å². The third-order valence-electron chi connectivity index (χ3n) is 23.4. The zero-order valence-corrected chi connectivity index (χ0v) is 61.4. The van der Waals surface area contributed by atoms with E-state index in [4.69, 9.17) is 11.6 Å². The summed E-state index contributed by atoms with van der Waals surface area (Å²) in [6.45, 7) is 8.13. The molecule has 7 fully saturated rings. The highest BCUT2D eigenvalue weighted by atomic mass is 35.5. The molecule has 4 aliphatic carbocycles. The van der Waals surface area contributed by atoms with E-state index in [1.165, 1.54) is 68.8 Å². The molecule has 101 heavy (non-hydrogen) atoms. The number of carbonyl (C=O) groups is 11. The van der Waals surface area contributed by atoms with Gasteiger partial charge in [0.15, 0.2) is 0 Å². The van der Waals surface area contributed by atoms with Crippen molar-refractivity contribution in [3.8, 4) is 0 Å². The average molecular weight is 1470 g/mol. The first-order chi connectivity index (χ1) is 47.0. The summed E-state index contributed by atoms with van der Waals surface area (Å²) < 4.78 is 116. The summed E-state index contributed by atoms with van der Waals surface area (Å²) in [4.78, 5) is 172. The number of nitrogens with one attached hydrogen (secondary N) is 3. The number of likely N-dealkylation sites (N-methyl/N-ethyl adjacent to an activating group) is 6. The Bertz CT molecular complexity index is 3000. The standard InChI is InChI=1S/C70H108ClF8N11O11/c1-13-40(4)56-64(99)85(9)42(6)60(95)89-31-28-50(89)63(98)87(11)52(35-44-20-24-46(25-21-44)69(74,75)76)62(97)83(7)37-54(91)80-49(27-23-43-22-26-47(48(71)34-43)70(77,78)79)61(96)90-38-68(72,73)36-53(90)59(94)82-67(29-16-17-30-67)66(101)88(12)57(45-18-14-15-19-45)65(100)84(8)41(5)33-55(92)86(10)51(32-39(2)3)58(93)81-56/h39-53,56-57H,13-38H2,1-12H3,(H,80,91)(H,81,93)(H,82,94)/t40-,41+,42-,43?,44?,46?,47?,48?,49-,50-,51-,52-,53-,56-,57-/m0/s1. The van der Waals surface area contributed by atoms with Gasteiger partial charge in [-0.3, -0.25) is 52.7 Å². The predicted molar refractivity (Wildman–Crippen MR) is 358 cm³/mol. The molecular weight excluding hydrogens is 1360 g/mol. The molecular formula is C70H108ClF8N11O11. The van der Waals surface area contributed by atoms with Gasteiger partial charge in [-0.2, -0.15) is 26.3 Å². The first kappa shape index (κ1) is 82.2. The van der Waals surface area contributed by atoms with Crippen LogP contribution >= 0.6 is 11.6 Å². The van der Waals surface area contributed by atoms with Gasteiger partial charge in [0.25, 0.3) is 5.92 Å². The molecule has 0 aromatic heterocycles. The van der Waals surface area contributed by atoms with Crippen LogP contribution in [0.1, 0.15) is 189 Å². The number of nitrogens with zero attached hydrogens (tertiary/aromatic N) is 8. The van der Waals surface area contributed by atoms with Crippen molar-refractivity contribution in [1.29, 1.82) is 0 Å². The van der Waals surface area contributed by atoms with Crippen LogP contribution in [0, 0.1) is 41.4 Å². The summed E-state index contributed by atoms with van der Waals surface area (Å²) in [5, 5.41) is 6.84. The normalized spacial score (nSPS) is 32.8. The topological polar surface area (TPSA) is 250 Å². The highest BCUT2D eigenvalue weighted by Crippen LogP contribution is 2.45. The van der Waals surface area contributed by atoms with E-state index in [0.29, 0.717) is 37.0 Å². The summed E-state index contributed by atoms with van der Waals surface area (Å²) in [6, 6.07) is -12.0. The summed E-state index contributed by atoms with van der Waals surface area (Å²) >= 11 is 6.33. The average Bonchev–Trinajstić information content (AvgIpc) is 1.76. The van der Waals surface area contributed by atoms with E-state index in [9.17, 15) is 64.7 Å². The number of hydrogen-bond donors (Lipinski definition) is 3. The van der Waals surface area contributed by atoms with Crippen molar-refractivity contribution in [2.24, 2.45) is 41.4 Å². The molecule has 11 amide bonds. The van der Waals surface area contributed by atoms with Crippen LogP contribution in [0.4, 0.5) is 35.1 Å². The predicted octanol–water partition coefficient (Wildman–Crippen LogP) is 7.67. The highest BCUT2D eigenvalue weighted by Gasteiger charge is 2.56. The van der Waals surface area contributed by atoms with Gasteiger partial charge in [0.05, 0.1) is 24.9 Å². The molecule has 3 aliphatic heterocycles. The lowest BCUT2D eigenvalue weighted by molar-refractivity contribution is -0.184. The summed E-state index contributed by atoms with van der Waals surface area (Å²) in [6.07, 6.45) is -8.46. The Morgan fingerprint density at radius 1 is 0.604 bits per heavy atom. The molecule has 0 radical (unpaired) electrons. The minimum atomic E-state index is -4.61. The number of fused-ring (bicyclic) bond motifs is 2. The van der Waals surface area contributed by atoms with Gasteiger partial charge in [-0.05, 0) is 146 Å². The van der Waals surface area contributed by atoms with Crippen LogP contribution in [-0.4, -0.2) is 250 Å². The quantitative estimate of drug-likeness (QED) is 0.141. The summed E-state index contributed by atoms with van der Waals surface area (Å²) in [5.74, 6) is -18.2. The maximum absolute atomic E-state index is 16.1. The monoisotopic (exact) mass is 1470 g/mol. The number of amides is 11. The lowest BCUT2D eigenvalue weighted by Gasteiger charge is -2.45. The number of halogens is 9. The van der Waals surface area contributed by atoms with Crippen molar-refractivity contribution in [1.82, 2.24) is 55.1 Å². The number of hydrogen-bond acceptors (Lipinski definition) is 11. The molecule has 7 rings (SSSR count). The van der Waals surface area contributed by atoms with Crippen LogP contribution in [0.15, 0.2) is 0 Å². The Labute approximate surface area is 593 Å². The molecule has 572 valence electrons. The minimum absolute atomic E-state index is 0.00537. The van der Waals surface area contributed by atoms with Gasteiger partial charge in [0.2, 0.25) is 65.0 Å². The Morgan fingerprint density at radius 2 is 1.22 bits per heavy atom. The zero-order valence-electron chi connectivity index (χ0n) is 60.7. The lowest BCUT2D eigenvalue weighted by Crippen LogP contribution is -2.65. The zero-order chi connectivity index (χ0) is 75.3. The van der Waals surface area contributed by atoms with Gasteiger partial charge in [0.1, 0.15) is 53.9 Å². The molecule has 22 nitrogen and oxygen atoms in total. The summed E-state index contributed by atoms with van der Waals surface area (Å²) in [5.41, 5.74) is -1.78. The van der Waals surface area contributed by atoms with Crippen LogP contribution < -0.4 is 16.0 Å². The molecule has 3 saturated heterocycles. The Hall–Kier alpha value is -6.10. The first-order valence-electron chi connectivity index (χ1n) is 36.3. The fourth-order valence-electron chi connectivity index (χ4n) is 16.4. The molecule has 13 atom stereocenters. The highest BCUT2D eigenvalue weighted by molar-refractivity contribution is 6.20. The number of rotatable bonds is 10. The summed E-state index contributed by atoms with van der Waals surface area (Å²) in [7, 11) is 8.21. The largest absolute Gasteiger partial charge is 0.393 e. The van der Waals surface area contributed by atoms with Crippen molar-refractivity contribution in [2.75, 3.05) is 61.9 Å². The van der Waals surface area contributed by atoms with Gasteiger partial charge in [0, 0.05) is 73.1 Å². The Kier molecular flexibility index (Phi) is 27.5. The smallest absolute Gasteiger partial charge is 0.343 e. The maximum Gasteiger partial charge on any atom is 0.393 e. The minimum Gasteiger partial charge on any atom is -0.343 e.